The van der Waals surface area contributed by atoms with Gasteiger partial charge in [-0.3, -0.25) is 4.79 Å². The van der Waals surface area contributed by atoms with Gasteiger partial charge >= 0.3 is 6.09 Å². The molecule has 0 spiro atoms. The number of ether oxygens (including phenoxy) is 1. The van der Waals surface area contributed by atoms with Gasteiger partial charge in [-0.2, -0.15) is 0 Å². The fourth-order valence-electron chi connectivity index (χ4n) is 4.50. The minimum atomic E-state index is -0.957. The molecule has 1 aliphatic rings. The van der Waals surface area contributed by atoms with E-state index in [1.807, 2.05) is 76.2 Å². The van der Waals surface area contributed by atoms with Crippen molar-refractivity contribution in [1.29, 1.82) is 0 Å². The topological polar surface area (TPSA) is 67.4 Å². The Morgan fingerprint density at radius 3 is 2.03 bits per heavy atom. The standard InChI is InChI=1S/C27H34Cl2N2O3/c1-18(30-24(32)27(15-5-6-16-27)31-25(33)34-26(2,3)4)23(20-9-13-22(29)14-10-20)17-19-7-11-21(28)12-8-19/h7-14,18,23H,5-6,15-17H2,1-4H3,(H,30,32)(H,31,33). The molecule has 1 fully saturated rings. The third kappa shape index (κ3) is 7.13. The Morgan fingerprint density at radius 2 is 1.50 bits per heavy atom. The van der Waals surface area contributed by atoms with Crippen LogP contribution in [0.25, 0.3) is 0 Å². The Kier molecular flexibility index (Phi) is 8.53. The fraction of sp³-hybridized carbons (Fsp3) is 0.481. The molecular weight excluding hydrogens is 471 g/mol. The number of carbonyl (C=O) groups excluding carboxylic acids is 2. The molecule has 0 aliphatic heterocycles. The number of carbonyl (C=O) groups is 2. The van der Waals surface area contributed by atoms with Crippen LogP contribution in [0, 0.1) is 0 Å². The summed E-state index contributed by atoms with van der Waals surface area (Å²) >= 11 is 12.2. The van der Waals surface area contributed by atoms with E-state index in [1.54, 1.807) is 0 Å². The third-order valence-corrected chi connectivity index (χ3v) is 6.77. The van der Waals surface area contributed by atoms with Gasteiger partial charge in [0.05, 0.1) is 0 Å². The molecule has 0 heterocycles. The normalized spacial score (nSPS) is 17.0. The van der Waals surface area contributed by atoms with Gasteiger partial charge in [-0.1, -0.05) is 60.3 Å². The summed E-state index contributed by atoms with van der Waals surface area (Å²) in [7, 11) is 0. The van der Waals surface area contributed by atoms with E-state index in [9.17, 15) is 9.59 Å². The molecule has 0 radical (unpaired) electrons. The molecule has 3 rings (SSSR count). The van der Waals surface area contributed by atoms with Gasteiger partial charge in [0.15, 0.2) is 0 Å². The van der Waals surface area contributed by atoms with Crippen molar-refractivity contribution in [2.75, 3.05) is 0 Å². The monoisotopic (exact) mass is 504 g/mol. The first-order valence-electron chi connectivity index (χ1n) is 11.8. The van der Waals surface area contributed by atoms with Crippen LogP contribution in [-0.2, 0) is 16.0 Å². The largest absolute Gasteiger partial charge is 0.444 e. The van der Waals surface area contributed by atoms with E-state index < -0.39 is 17.2 Å². The molecule has 1 aliphatic carbocycles. The first-order valence-corrected chi connectivity index (χ1v) is 12.6. The van der Waals surface area contributed by atoms with E-state index in [0.717, 1.165) is 24.0 Å². The SMILES string of the molecule is CC(NC(=O)C1(NC(=O)OC(C)(C)C)CCCC1)C(Cc1ccc(Cl)cc1)c1ccc(Cl)cc1. The van der Waals surface area contributed by atoms with Crippen LogP contribution in [0.3, 0.4) is 0 Å². The molecule has 0 saturated heterocycles. The van der Waals surface area contributed by atoms with Crippen LogP contribution in [0.2, 0.25) is 10.0 Å². The lowest BCUT2D eigenvalue weighted by atomic mass is 9.85. The van der Waals surface area contributed by atoms with Crippen molar-refractivity contribution in [3.63, 3.8) is 0 Å². The van der Waals surface area contributed by atoms with E-state index in [2.05, 4.69) is 10.6 Å². The maximum atomic E-state index is 13.5. The van der Waals surface area contributed by atoms with Crippen molar-refractivity contribution in [1.82, 2.24) is 10.6 Å². The van der Waals surface area contributed by atoms with Crippen molar-refractivity contribution >= 4 is 35.2 Å². The van der Waals surface area contributed by atoms with Gasteiger partial charge in [0.1, 0.15) is 11.1 Å². The highest BCUT2D eigenvalue weighted by molar-refractivity contribution is 6.30. The van der Waals surface area contributed by atoms with Crippen molar-refractivity contribution in [3.05, 3.63) is 69.7 Å². The Bertz CT molecular complexity index is 978. The number of benzene rings is 2. The first-order chi connectivity index (χ1) is 16.0. The van der Waals surface area contributed by atoms with Crippen LogP contribution in [0.15, 0.2) is 48.5 Å². The molecule has 2 aromatic carbocycles. The van der Waals surface area contributed by atoms with Crippen LogP contribution >= 0.6 is 23.2 Å². The minimum Gasteiger partial charge on any atom is -0.444 e. The molecule has 184 valence electrons. The average Bonchev–Trinajstić information content (AvgIpc) is 3.22. The summed E-state index contributed by atoms with van der Waals surface area (Å²) in [5.74, 6) is -0.166. The van der Waals surface area contributed by atoms with E-state index >= 15 is 0 Å². The summed E-state index contributed by atoms with van der Waals surface area (Å²) in [4.78, 5) is 26.1. The van der Waals surface area contributed by atoms with Crippen LogP contribution < -0.4 is 10.6 Å². The highest BCUT2D eigenvalue weighted by Gasteiger charge is 2.44. The Balaban J connectivity index is 1.80. The number of nitrogens with one attached hydrogen (secondary N) is 2. The second-order valence-corrected chi connectivity index (χ2v) is 11.0. The molecule has 0 bridgehead atoms. The van der Waals surface area contributed by atoms with Crippen molar-refractivity contribution in [2.24, 2.45) is 0 Å². The molecule has 2 atom stereocenters. The summed E-state index contributed by atoms with van der Waals surface area (Å²) in [5.41, 5.74) is 0.605. The first kappa shape index (κ1) is 26.4. The second-order valence-electron chi connectivity index (χ2n) is 10.2. The summed E-state index contributed by atoms with van der Waals surface area (Å²) in [6, 6.07) is 15.3. The summed E-state index contributed by atoms with van der Waals surface area (Å²) < 4.78 is 5.44. The molecule has 2 aromatic rings. The van der Waals surface area contributed by atoms with Crippen molar-refractivity contribution in [3.8, 4) is 0 Å². The zero-order valence-corrected chi connectivity index (χ0v) is 21.8. The van der Waals surface area contributed by atoms with E-state index in [4.69, 9.17) is 27.9 Å². The van der Waals surface area contributed by atoms with E-state index in [-0.39, 0.29) is 17.9 Å². The predicted octanol–water partition coefficient (Wildman–Crippen LogP) is 6.66. The molecular formula is C27H34Cl2N2O3. The molecule has 5 nitrogen and oxygen atoms in total. The van der Waals surface area contributed by atoms with Crippen LogP contribution in [0.4, 0.5) is 4.79 Å². The van der Waals surface area contributed by atoms with E-state index in [0.29, 0.717) is 29.3 Å². The van der Waals surface area contributed by atoms with Gasteiger partial charge in [-0.05, 0) is 82.3 Å². The lowest BCUT2D eigenvalue weighted by Gasteiger charge is -2.33. The highest BCUT2D eigenvalue weighted by Crippen LogP contribution is 2.32. The zero-order valence-electron chi connectivity index (χ0n) is 20.3. The van der Waals surface area contributed by atoms with Crippen molar-refractivity contribution in [2.45, 2.75) is 82.9 Å². The van der Waals surface area contributed by atoms with Gasteiger partial charge in [-0.25, -0.2) is 4.79 Å². The molecule has 2 unspecified atom stereocenters. The second kappa shape index (κ2) is 11.0. The van der Waals surface area contributed by atoms with Crippen molar-refractivity contribution < 1.29 is 14.3 Å². The number of rotatable bonds is 7. The average molecular weight is 505 g/mol. The lowest BCUT2D eigenvalue weighted by molar-refractivity contribution is -0.128. The summed E-state index contributed by atoms with van der Waals surface area (Å²) in [6.45, 7) is 7.43. The summed E-state index contributed by atoms with van der Waals surface area (Å²) in [5, 5.41) is 7.45. The van der Waals surface area contributed by atoms with Gasteiger partial charge in [0, 0.05) is 22.0 Å². The summed E-state index contributed by atoms with van der Waals surface area (Å²) in [6.07, 6.45) is 3.09. The highest BCUT2D eigenvalue weighted by atomic mass is 35.5. The maximum Gasteiger partial charge on any atom is 0.408 e. The Labute approximate surface area is 212 Å². The number of alkyl carbamates (subject to hydrolysis) is 1. The molecule has 1 saturated carbocycles. The Morgan fingerprint density at radius 1 is 0.971 bits per heavy atom. The lowest BCUT2D eigenvalue weighted by Crippen LogP contribution is -2.59. The number of amides is 2. The smallest absolute Gasteiger partial charge is 0.408 e. The Hall–Kier alpha value is -2.24. The predicted molar refractivity (Wildman–Crippen MR) is 138 cm³/mol. The molecule has 7 heteroatoms. The number of hydrogen-bond acceptors (Lipinski definition) is 3. The molecule has 0 aromatic heterocycles. The van der Waals surface area contributed by atoms with E-state index in [1.165, 1.54) is 0 Å². The number of hydrogen-bond donors (Lipinski definition) is 2. The van der Waals surface area contributed by atoms with Gasteiger partial charge in [-0.15, -0.1) is 0 Å². The maximum absolute atomic E-state index is 13.5. The minimum absolute atomic E-state index is 0.00220. The van der Waals surface area contributed by atoms with Crippen LogP contribution in [0.5, 0.6) is 0 Å². The third-order valence-electron chi connectivity index (χ3n) is 6.26. The van der Waals surface area contributed by atoms with Gasteiger partial charge < -0.3 is 15.4 Å². The van der Waals surface area contributed by atoms with Gasteiger partial charge in [0.25, 0.3) is 0 Å². The van der Waals surface area contributed by atoms with Crippen LogP contribution in [0.1, 0.15) is 70.4 Å². The zero-order chi connectivity index (χ0) is 24.9. The van der Waals surface area contributed by atoms with Gasteiger partial charge in [0.2, 0.25) is 5.91 Å². The van der Waals surface area contributed by atoms with Crippen LogP contribution in [-0.4, -0.2) is 29.2 Å². The molecule has 2 N–H and O–H groups in total. The molecule has 2 amide bonds. The molecule has 34 heavy (non-hydrogen) atoms. The fourth-order valence-corrected chi connectivity index (χ4v) is 4.75. The quantitative estimate of drug-likeness (QED) is 0.442. The number of halogens is 2.